The number of aliphatic hydroxyl groups excluding tert-OH is 1. The number of carbonyl (C=O) groups excluding carboxylic acids is 5. The SMILES string of the molecule is CC(C)C(N)C(=O)N1CCCC1C(=O)NC(CCCN=C(N)N)C(=O)NC(CO)C(=O)NC(Cc1ccccc1)C(=O)NC(CCCN=C(N)N)C(=O)O. The Balaban J connectivity index is 2.25. The summed E-state index contributed by atoms with van der Waals surface area (Å²) < 4.78 is 0. The van der Waals surface area contributed by atoms with Crippen molar-refractivity contribution in [3.63, 3.8) is 0 Å². The van der Waals surface area contributed by atoms with Gasteiger partial charge in [0.1, 0.15) is 30.2 Å². The predicted octanol–water partition coefficient (Wildman–Crippen LogP) is -3.67. The van der Waals surface area contributed by atoms with Crippen molar-refractivity contribution in [1.82, 2.24) is 26.2 Å². The summed E-state index contributed by atoms with van der Waals surface area (Å²) in [6.07, 6.45) is 1.28. The minimum Gasteiger partial charge on any atom is -0.480 e. The van der Waals surface area contributed by atoms with Gasteiger partial charge in [-0.15, -0.1) is 0 Å². The summed E-state index contributed by atoms with van der Waals surface area (Å²) in [5, 5.41) is 30.0. The summed E-state index contributed by atoms with van der Waals surface area (Å²) in [5.74, 6) is -5.44. The first-order valence-electron chi connectivity index (χ1n) is 17.8. The first-order valence-corrected chi connectivity index (χ1v) is 17.8. The monoisotopic (exact) mass is 760 g/mol. The molecule has 0 aliphatic carbocycles. The van der Waals surface area contributed by atoms with Crippen molar-refractivity contribution in [1.29, 1.82) is 0 Å². The third-order valence-electron chi connectivity index (χ3n) is 8.71. The van der Waals surface area contributed by atoms with E-state index in [1.807, 2.05) is 0 Å². The van der Waals surface area contributed by atoms with E-state index in [0.29, 0.717) is 24.9 Å². The zero-order valence-electron chi connectivity index (χ0n) is 30.8. The molecule has 1 aromatic rings. The molecule has 0 bridgehead atoms. The standard InChI is InChI=1S/C34H56N12O8/c1-19(2)26(35)31(52)46-16-8-13-25(46)30(51)42-21(11-6-14-40-33(36)37)27(48)45-24(18-47)29(50)44-23(17-20-9-4-3-5-10-20)28(49)43-22(32(53)54)12-7-15-41-34(38)39/h3-5,9-10,19,21-26,47H,6-8,11-18,35H2,1-2H3,(H,42,51)(H,43,49)(H,44,50)(H,45,48)(H,53,54)(H4,36,37,40)(H4,38,39,41). The van der Waals surface area contributed by atoms with Crippen LogP contribution in [-0.4, -0.2) is 125 Å². The smallest absolute Gasteiger partial charge is 0.326 e. The maximum atomic E-state index is 13.6. The van der Waals surface area contributed by atoms with Crippen molar-refractivity contribution in [2.24, 2.45) is 44.6 Å². The summed E-state index contributed by atoms with van der Waals surface area (Å²) in [4.78, 5) is 88.2. The van der Waals surface area contributed by atoms with E-state index in [0.717, 1.165) is 0 Å². The van der Waals surface area contributed by atoms with Crippen LogP contribution >= 0.6 is 0 Å². The van der Waals surface area contributed by atoms with Crippen LogP contribution < -0.4 is 49.9 Å². The lowest BCUT2D eigenvalue weighted by molar-refractivity contribution is -0.142. The third-order valence-corrected chi connectivity index (χ3v) is 8.71. The number of hydrogen-bond donors (Lipinski definition) is 11. The summed E-state index contributed by atoms with van der Waals surface area (Å²) in [6, 6.07) is 1.37. The molecule has 20 nitrogen and oxygen atoms in total. The number of nitrogens with one attached hydrogen (secondary N) is 4. The van der Waals surface area contributed by atoms with Gasteiger partial charge in [-0.1, -0.05) is 44.2 Å². The van der Waals surface area contributed by atoms with Crippen molar-refractivity contribution < 1.29 is 39.0 Å². The van der Waals surface area contributed by atoms with E-state index in [1.165, 1.54) is 4.90 Å². The number of carboxylic acid groups (broad SMARTS) is 1. The zero-order chi connectivity index (χ0) is 40.4. The van der Waals surface area contributed by atoms with E-state index in [4.69, 9.17) is 28.7 Å². The topological polar surface area (TPSA) is 349 Å². The molecule has 1 heterocycles. The van der Waals surface area contributed by atoms with Crippen LogP contribution in [0.15, 0.2) is 40.3 Å². The molecule has 16 N–H and O–H groups in total. The maximum Gasteiger partial charge on any atom is 0.326 e. The first kappa shape index (κ1) is 44.7. The van der Waals surface area contributed by atoms with Crippen molar-refractivity contribution in [2.75, 3.05) is 26.2 Å². The number of likely N-dealkylation sites (tertiary alicyclic amines) is 1. The number of guanidine groups is 2. The fourth-order valence-electron chi connectivity index (χ4n) is 5.65. The molecule has 0 spiro atoms. The van der Waals surface area contributed by atoms with Gasteiger partial charge in [-0.3, -0.25) is 34.0 Å². The van der Waals surface area contributed by atoms with Crippen molar-refractivity contribution in [2.45, 2.75) is 95.0 Å². The van der Waals surface area contributed by atoms with E-state index in [2.05, 4.69) is 31.3 Å². The molecule has 1 aromatic carbocycles. The summed E-state index contributed by atoms with van der Waals surface area (Å²) >= 11 is 0. The average molecular weight is 761 g/mol. The number of rotatable bonds is 22. The van der Waals surface area contributed by atoms with Gasteiger partial charge in [0.15, 0.2) is 11.9 Å². The van der Waals surface area contributed by atoms with E-state index in [9.17, 15) is 39.0 Å². The maximum absolute atomic E-state index is 13.6. The quantitative estimate of drug-likeness (QED) is 0.0309. The van der Waals surface area contributed by atoms with Crippen molar-refractivity contribution in [3.8, 4) is 0 Å². The molecule has 6 atom stereocenters. The molecule has 1 aliphatic rings. The number of nitrogens with zero attached hydrogens (tertiary/aromatic N) is 3. The number of hydrogen-bond acceptors (Lipinski definition) is 10. The molecule has 0 saturated carbocycles. The Bertz CT molecular complexity index is 1480. The van der Waals surface area contributed by atoms with E-state index < -0.39 is 72.5 Å². The Morgan fingerprint density at radius 1 is 0.796 bits per heavy atom. The van der Waals surface area contributed by atoms with E-state index in [-0.39, 0.29) is 68.9 Å². The van der Waals surface area contributed by atoms with Gasteiger partial charge in [0.25, 0.3) is 0 Å². The Labute approximate surface area is 314 Å². The van der Waals surface area contributed by atoms with E-state index in [1.54, 1.807) is 44.2 Å². The molecule has 2 rings (SSSR count). The Kier molecular flexibility index (Phi) is 18.6. The predicted molar refractivity (Wildman–Crippen MR) is 200 cm³/mol. The number of nitrogens with two attached hydrogens (primary N) is 5. The molecular weight excluding hydrogens is 704 g/mol. The van der Waals surface area contributed by atoms with Crippen LogP contribution in [0.1, 0.15) is 57.9 Å². The molecule has 0 radical (unpaired) electrons. The molecule has 20 heteroatoms. The second-order valence-electron chi connectivity index (χ2n) is 13.3. The molecule has 5 amide bonds. The first-order chi connectivity index (χ1) is 25.5. The van der Waals surface area contributed by atoms with Gasteiger partial charge < -0.3 is 65.0 Å². The van der Waals surface area contributed by atoms with Crippen LogP contribution in [0.4, 0.5) is 0 Å². The van der Waals surface area contributed by atoms with Crippen molar-refractivity contribution >= 4 is 47.4 Å². The number of aliphatic carboxylic acids is 1. The summed E-state index contributed by atoms with van der Waals surface area (Å²) in [5.41, 5.74) is 28.2. The van der Waals surface area contributed by atoms with E-state index >= 15 is 0 Å². The largest absolute Gasteiger partial charge is 0.480 e. The number of aliphatic hydroxyl groups is 1. The minimum atomic E-state index is -1.59. The number of carboxylic acids is 1. The molecule has 54 heavy (non-hydrogen) atoms. The van der Waals surface area contributed by atoms with Gasteiger partial charge in [0.05, 0.1) is 12.6 Å². The highest BCUT2D eigenvalue weighted by molar-refractivity contribution is 5.96. The zero-order valence-corrected chi connectivity index (χ0v) is 30.8. The summed E-state index contributed by atoms with van der Waals surface area (Å²) in [6.45, 7) is 3.25. The van der Waals surface area contributed by atoms with Gasteiger partial charge in [-0.05, 0) is 50.0 Å². The van der Waals surface area contributed by atoms with Crippen LogP contribution in [0.25, 0.3) is 0 Å². The highest BCUT2D eigenvalue weighted by Crippen LogP contribution is 2.20. The molecular formula is C34H56N12O8. The second-order valence-corrected chi connectivity index (χ2v) is 13.3. The minimum absolute atomic E-state index is 0.0130. The number of aliphatic imine (C=N–C) groups is 2. The Hall–Kier alpha value is -5.50. The lowest BCUT2D eigenvalue weighted by Crippen LogP contribution is -2.60. The van der Waals surface area contributed by atoms with Gasteiger partial charge in [-0.25, -0.2) is 4.79 Å². The van der Waals surface area contributed by atoms with Crippen LogP contribution in [0.3, 0.4) is 0 Å². The average Bonchev–Trinajstić information content (AvgIpc) is 3.62. The molecule has 1 fully saturated rings. The van der Waals surface area contributed by atoms with Gasteiger partial charge in [0, 0.05) is 26.1 Å². The van der Waals surface area contributed by atoms with Crippen LogP contribution in [0.2, 0.25) is 0 Å². The fraction of sp³-hybridized carbons (Fsp3) is 0.588. The normalized spacial score (nSPS) is 16.5. The van der Waals surface area contributed by atoms with Crippen molar-refractivity contribution in [3.05, 3.63) is 35.9 Å². The highest BCUT2D eigenvalue weighted by atomic mass is 16.4. The lowest BCUT2D eigenvalue weighted by Gasteiger charge is -2.29. The van der Waals surface area contributed by atoms with Gasteiger partial charge >= 0.3 is 5.97 Å². The second kappa shape index (κ2) is 22.5. The molecule has 1 aliphatic heterocycles. The highest BCUT2D eigenvalue weighted by Gasteiger charge is 2.38. The lowest BCUT2D eigenvalue weighted by atomic mass is 10.0. The summed E-state index contributed by atoms with van der Waals surface area (Å²) in [7, 11) is 0. The van der Waals surface area contributed by atoms with Crippen LogP contribution in [-0.2, 0) is 35.2 Å². The Morgan fingerprint density at radius 2 is 1.31 bits per heavy atom. The molecule has 1 saturated heterocycles. The van der Waals surface area contributed by atoms with Gasteiger partial charge in [0.2, 0.25) is 29.5 Å². The molecule has 300 valence electrons. The fourth-order valence-corrected chi connectivity index (χ4v) is 5.65. The number of carbonyl (C=O) groups is 6. The van der Waals surface area contributed by atoms with Crippen LogP contribution in [0.5, 0.6) is 0 Å². The molecule has 6 unspecified atom stereocenters. The van der Waals surface area contributed by atoms with Crippen LogP contribution in [0, 0.1) is 5.92 Å². The number of amides is 5. The molecule has 0 aromatic heterocycles. The number of benzene rings is 1. The Morgan fingerprint density at radius 3 is 1.85 bits per heavy atom. The third kappa shape index (κ3) is 14.9. The van der Waals surface area contributed by atoms with Gasteiger partial charge in [-0.2, -0.15) is 0 Å².